The molecule has 140 valence electrons. The Kier molecular flexibility index (Phi) is 5.84. The van der Waals surface area contributed by atoms with Gasteiger partial charge in [-0.3, -0.25) is 14.3 Å². The number of carbonyl (C=O) groups excluding carboxylic acids is 2. The summed E-state index contributed by atoms with van der Waals surface area (Å²) in [6, 6.07) is -0.631. The van der Waals surface area contributed by atoms with Crippen LogP contribution in [0, 0.1) is 5.41 Å². The quantitative estimate of drug-likeness (QED) is 0.836. The van der Waals surface area contributed by atoms with Gasteiger partial charge in [-0.15, -0.1) is 0 Å². The van der Waals surface area contributed by atoms with Crippen LogP contribution < -0.4 is 11.1 Å². The summed E-state index contributed by atoms with van der Waals surface area (Å²) in [7, 11) is 0. The van der Waals surface area contributed by atoms with E-state index in [0.29, 0.717) is 18.8 Å². The molecule has 0 aliphatic carbocycles. The van der Waals surface area contributed by atoms with Gasteiger partial charge in [-0.05, 0) is 19.3 Å². The van der Waals surface area contributed by atoms with E-state index >= 15 is 0 Å². The van der Waals surface area contributed by atoms with Crippen LogP contribution in [0.15, 0.2) is 12.4 Å². The second kappa shape index (κ2) is 7.53. The number of nitrogens with one attached hydrogen (secondary N) is 1. The fraction of sp³-hybridized carbons (Fsp3) is 0.706. The molecule has 0 spiro atoms. The van der Waals surface area contributed by atoms with E-state index in [1.807, 2.05) is 34.6 Å². The van der Waals surface area contributed by atoms with Gasteiger partial charge in [0.2, 0.25) is 11.8 Å². The second-order valence-corrected chi connectivity index (χ2v) is 7.82. The highest BCUT2D eigenvalue weighted by Gasteiger charge is 2.28. The molecule has 2 unspecified atom stereocenters. The minimum absolute atomic E-state index is 0.0191. The van der Waals surface area contributed by atoms with E-state index in [9.17, 15) is 9.59 Å². The van der Waals surface area contributed by atoms with Gasteiger partial charge >= 0.3 is 0 Å². The number of carbonyl (C=O) groups is 2. The third kappa shape index (κ3) is 5.27. The van der Waals surface area contributed by atoms with Gasteiger partial charge < -0.3 is 20.7 Å². The molecule has 1 saturated heterocycles. The van der Waals surface area contributed by atoms with Crippen LogP contribution in [0.5, 0.6) is 0 Å². The zero-order chi connectivity index (χ0) is 18.8. The van der Waals surface area contributed by atoms with Crippen LogP contribution in [0.25, 0.3) is 0 Å². The number of morpholine rings is 1. The molecule has 2 heterocycles. The van der Waals surface area contributed by atoms with Gasteiger partial charge in [-0.25, -0.2) is 0 Å². The van der Waals surface area contributed by atoms with Crippen LogP contribution in [0.1, 0.15) is 34.6 Å². The lowest BCUT2D eigenvalue weighted by Gasteiger charge is -2.35. The smallest absolute Gasteiger partial charge is 0.244 e. The van der Waals surface area contributed by atoms with Crippen molar-refractivity contribution in [1.29, 1.82) is 0 Å². The van der Waals surface area contributed by atoms with Gasteiger partial charge in [0.15, 0.2) is 0 Å². The maximum Gasteiger partial charge on any atom is 0.244 e. The van der Waals surface area contributed by atoms with Gasteiger partial charge in [-0.1, -0.05) is 20.8 Å². The monoisotopic (exact) mass is 351 g/mol. The summed E-state index contributed by atoms with van der Waals surface area (Å²) in [6.45, 7) is 10.9. The Hall–Kier alpha value is -1.93. The molecule has 0 radical (unpaired) electrons. The van der Waals surface area contributed by atoms with Crippen molar-refractivity contribution in [1.82, 2.24) is 14.7 Å². The van der Waals surface area contributed by atoms with E-state index in [2.05, 4.69) is 10.4 Å². The predicted octanol–water partition coefficient (Wildman–Crippen LogP) is 0.831. The van der Waals surface area contributed by atoms with E-state index in [1.165, 1.54) is 10.9 Å². The third-order valence-electron chi connectivity index (χ3n) is 4.19. The summed E-state index contributed by atoms with van der Waals surface area (Å²) in [5.74, 6) is -0.288. The number of nitrogens with two attached hydrogens (primary N) is 1. The van der Waals surface area contributed by atoms with Gasteiger partial charge in [-0.2, -0.15) is 5.10 Å². The van der Waals surface area contributed by atoms with Gasteiger partial charge in [0.1, 0.15) is 6.54 Å². The Morgan fingerprint density at radius 1 is 1.36 bits per heavy atom. The number of ether oxygens (including phenoxy) is 1. The fourth-order valence-corrected chi connectivity index (χ4v) is 2.75. The molecule has 3 atom stereocenters. The number of hydrogen-bond donors (Lipinski definition) is 2. The minimum atomic E-state index is -0.631. The summed E-state index contributed by atoms with van der Waals surface area (Å²) >= 11 is 0. The van der Waals surface area contributed by atoms with E-state index in [-0.39, 0.29) is 36.0 Å². The summed E-state index contributed by atoms with van der Waals surface area (Å²) in [6.07, 6.45) is 3.21. The SMILES string of the molecule is CC1CN(C(=O)Cn2cc(NC(=O)[C@@H](N)C(C)(C)C)cn2)CC(C)O1. The molecule has 25 heavy (non-hydrogen) atoms. The molecule has 0 bridgehead atoms. The molecule has 2 amide bonds. The maximum absolute atomic E-state index is 12.4. The first-order valence-electron chi connectivity index (χ1n) is 8.58. The molecule has 8 nitrogen and oxygen atoms in total. The topological polar surface area (TPSA) is 102 Å². The molecule has 0 aromatic carbocycles. The summed E-state index contributed by atoms with van der Waals surface area (Å²) in [4.78, 5) is 26.4. The Morgan fingerprint density at radius 2 is 1.96 bits per heavy atom. The van der Waals surface area contributed by atoms with Crippen molar-refractivity contribution in [3.8, 4) is 0 Å². The van der Waals surface area contributed by atoms with Gasteiger partial charge in [0.25, 0.3) is 0 Å². The average molecular weight is 351 g/mol. The maximum atomic E-state index is 12.4. The van der Waals surface area contributed by atoms with Crippen molar-refractivity contribution < 1.29 is 14.3 Å². The number of nitrogens with zero attached hydrogens (tertiary/aromatic N) is 3. The van der Waals surface area contributed by atoms with Gasteiger partial charge in [0.05, 0.1) is 30.1 Å². The van der Waals surface area contributed by atoms with Crippen LogP contribution in [0.3, 0.4) is 0 Å². The van der Waals surface area contributed by atoms with E-state index in [4.69, 9.17) is 10.5 Å². The Bertz CT molecular complexity index is 612. The number of hydrogen-bond acceptors (Lipinski definition) is 5. The normalized spacial score (nSPS) is 22.6. The fourth-order valence-electron chi connectivity index (χ4n) is 2.75. The first-order chi connectivity index (χ1) is 11.6. The van der Waals surface area contributed by atoms with Crippen molar-refractivity contribution in [3.05, 3.63) is 12.4 Å². The zero-order valence-electron chi connectivity index (χ0n) is 15.7. The number of aromatic nitrogens is 2. The number of rotatable bonds is 4. The van der Waals surface area contributed by atoms with E-state index < -0.39 is 6.04 Å². The molecule has 1 aromatic rings. The van der Waals surface area contributed by atoms with Crippen molar-refractivity contribution in [3.63, 3.8) is 0 Å². The van der Waals surface area contributed by atoms with Gasteiger partial charge in [0, 0.05) is 19.3 Å². The van der Waals surface area contributed by atoms with Crippen molar-refractivity contribution in [2.75, 3.05) is 18.4 Å². The van der Waals surface area contributed by atoms with Crippen molar-refractivity contribution in [2.24, 2.45) is 11.1 Å². The Balaban J connectivity index is 1.93. The molecule has 0 saturated carbocycles. The minimum Gasteiger partial charge on any atom is -0.372 e. The number of amides is 2. The standard InChI is InChI=1S/C17H29N5O3/c1-11-7-21(8-12(2)25-11)14(23)10-22-9-13(6-19-22)20-16(24)15(18)17(3,4)5/h6,9,11-12,15H,7-8,10,18H2,1-5H3,(H,20,24)/t11?,12?,15-/m1/s1. The first kappa shape index (κ1) is 19.4. The highest BCUT2D eigenvalue weighted by atomic mass is 16.5. The molecular weight excluding hydrogens is 322 g/mol. The van der Waals surface area contributed by atoms with Crippen LogP contribution in [0.2, 0.25) is 0 Å². The Morgan fingerprint density at radius 3 is 2.52 bits per heavy atom. The van der Waals surface area contributed by atoms with E-state index in [0.717, 1.165) is 0 Å². The average Bonchev–Trinajstić information content (AvgIpc) is 2.91. The first-order valence-corrected chi connectivity index (χ1v) is 8.58. The lowest BCUT2D eigenvalue weighted by Crippen LogP contribution is -2.49. The molecule has 1 fully saturated rings. The Labute approximate surface area is 148 Å². The highest BCUT2D eigenvalue weighted by Crippen LogP contribution is 2.19. The van der Waals surface area contributed by atoms with Crippen LogP contribution in [-0.2, 0) is 20.9 Å². The second-order valence-electron chi connectivity index (χ2n) is 7.82. The molecule has 1 aliphatic rings. The summed E-state index contributed by atoms with van der Waals surface area (Å²) < 4.78 is 7.16. The molecule has 1 aliphatic heterocycles. The zero-order valence-corrected chi connectivity index (χ0v) is 15.7. The third-order valence-corrected chi connectivity index (χ3v) is 4.19. The lowest BCUT2D eigenvalue weighted by atomic mass is 9.87. The number of anilines is 1. The molecule has 1 aromatic heterocycles. The highest BCUT2D eigenvalue weighted by molar-refractivity contribution is 5.95. The van der Waals surface area contributed by atoms with Crippen LogP contribution in [0.4, 0.5) is 5.69 Å². The van der Waals surface area contributed by atoms with Crippen molar-refractivity contribution >= 4 is 17.5 Å². The van der Waals surface area contributed by atoms with Crippen molar-refractivity contribution in [2.45, 2.75) is 59.4 Å². The largest absolute Gasteiger partial charge is 0.372 e. The van der Waals surface area contributed by atoms with Crippen LogP contribution >= 0.6 is 0 Å². The van der Waals surface area contributed by atoms with E-state index in [1.54, 1.807) is 11.1 Å². The summed E-state index contributed by atoms with van der Waals surface area (Å²) in [5.41, 5.74) is 6.14. The molecule has 8 heteroatoms. The van der Waals surface area contributed by atoms with Crippen LogP contribution in [-0.4, -0.2) is 57.8 Å². The summed E-state index contributed by atoms with van der Waals surface area (Å²) in [5, 5.41) is 6.89. The predicted molar refractivity (Wildman–Crippen MR) is 94.9 cm³/mol. The lowest BCUT2D eigenvalue weighted by molar-refractivity contribution is -0.144. The molecule has 3 N–H and O–H groups in total. The molecule has 2 rings (SSSR count). The molecular formula is C17H29N5O3.